The van der Waals surface area contributed by atoms with Crippen molar-refractivity contribution >= 4 is 33.3 Å². The Morgan fingerprint density at radius 1 is 1.29 bits per heavy atom. The van der Waals surface area contributed by atoms with Crippen LogP contribution >= 0.6 is 11.6 Å². The molecule has 3 atom stereocenters. The summed E-state index contributed by atoms with van der Waals surface area (Å²) in [6.45, 7) is 1.60. The number of nitrogens with one attached hydrogen (secondary N) is 2. The fourth-order valence-corrected chi connectivity index (χ4v) is 5.95. The molecular formula is C23H25ClFN3O6S. The Bertz CT molecular complexity index is 1390. The highest BCUT2D eigenvalue weighted by molar-refractivity contribution is 7.88. The Labute approximate surface area is 206 Å². The molecule has 1 aromatic heterocycles. The Kier molecular flexibility index (Phi) is 6.78. The van der Waals surface area contributed by atoms with E-state index in [4.69, 9.17) is 16.3 Å². The van der Waals surface area contributed by atoms with Crippen LogP contribution in [0.1, 0.15) is 70.4 Å². The molecule has 0 aliphatic carbocycles. The molecule has 0 saturated heterocycles. The summed E-state index contributed by atoms with van der Waals surface area (Å²) < 4.78 is 47.9. The second-order valence-electron chi connectivity index (χ2n) is 8.77. The van der Waals surface area contributed by atoms with Crippen LogP contribution < -0.4 is 20.2 Å². The van der Waals surface area contributed by atoms with Crippen LogP contribution in [-0.2, 0) is 16.6 Å². The van der Waals surface area contributed by atoms with Crippen molar-refractivity contribution < 1.29 is 27.1 Å². The van der Waals surface area contributed by atoms with Gasteiger partial charge in [-0.05, 0) is 25.3 Å². The summed E-state index contributed by atoms with van der Waals surface area (Å²) in [5, 5.41) is 2.41. The van der Waals surface area contributed by atoms with Gasteiger partial charge in [-0.1, -0.05) is 30.7 Å². The van der Waals surface area contributed by atoms with Crippen LogP contribution in [0.4, 0.5) is 4.39 Å². The second kappa shape index (κ2) is 9.36. The van der Waals surface area contributed by atoms with E-state index in [0.717, 1.165) is 6.26 Å². The van der Waals surface area contributed by atoms with Crippen molar-refractivity contribution in [3.63, 3.8) is 0 Å². The third-order valence-corrected chi connectivity index (χ3v) is 7.52. The fourth-order valence-electron chi connectivity index (χ4n) is 5.03. The van der Waals surface area contributed by atoms with Crippen LogP contribution in [0.25, 0.3) is 0 Å². The molecule has 2 aromatic rings. The number of carbonyl (C=O) groups is 2. The highest BCUT2D eigenvalue weighted by Crippen LogP contribution is 2.46. The van der Waals surface area contributed by atoms with Crippen molar-refractivity contribution in [3.05, 3.63) is 61.8 Å². The molecule has 0 fully saturated rings. The van der Waals surface area contributed by atoms with Crippen molar-refractivity contribution in [2.75, 3.05) is 13.4 Å². The molecule has 1 aromatic carbocycles. The van der Waals surface area contributed by atoms with Gasteiger partial charge in [-0.3, -0.25) is 14.4 Å². The smallest absolute Gasteiger partial charge is 0.257 e. The van der Waals surface area contributed by atoms with E-state index >= 15 is 0 Å². The summed E-state index contributed by atoms with van der Waals surface area (Å²) in [6.07, 6.45) is 2.23. The number of aromatic nitrogens is 1. The minimum Gasteiger partial charge on any atom is -0.491 e. The number of ether oxygens (including phenoxy) is 1. The predicted octanol–water partition coefficient (Wildman–Crippen LogP) is 2.73. The molecule has 0 spiro atoms. The number of rotatable bonds is 7. The average Bonchev–Trinajstić information content (AvgIpc) is 3.12. The lowest BCUT2D eigenvalue weighted by molar-refractivity contribution is 0.0845. The van der Waals surface area contributed by atoms with Crippen molar-refractivity contribution in [1.82, 2.24) is 14.6 Å². The van der Waals surface area contributed by atoms with Crippen molar-refractivity contribution in [1.29, 1.82) is 0 Å². The molecule has 1 amide bonds. The molecule has 3 heterocycles. The van der Waals surface area contributed by atoms with Gasteiger partial charge in [0.2, 0.25) is 15.5 Å². The van der Waals surface area contributed by atoms with Gasteiger partial charge in [0.15, 0.2) is 11.5 Å². The average molecular weight is 526 g/mol. The number of halogens is 2. The highest BCUT2D eigenvalue weighted by Gasteiger charge is 2.46. The number of nitrogens with zero attached hydrogens (tertiary/aromatic N) is 1. The molecule has 9 nitrogen and oxygen atoms in total. The zero-order valence-electron chi connectivity index (χ0n) is 19.4. The van der Waals surface area contributed by atoms with Crippen molar-refractivity contribution in [3.8, 4) is 5.75 Å². The lowest BCUT2D eigenvalue weighted by Gasteiger charge is -2.31. The number of pyridine rings is 1. The quantitative estimate of drug-likeness (QED) is 0.573. The summed E-state index contributed by atoms with van der Waals surface area (Å²) >= 11 is 5.81. The van der Waals surface area contributed by atoms with E-state index in [1.165, 1.54) is 25.3 Å². The molecule has 0 bridgehead atoms. The van der Waals surface area contributed by atoms with Gasteiger partial charge < -0.3 is 14.6 Å². The first kappa shape index (κ1) is 25.3. The SMILES string of the molecule is CCC1C[C@@H]2C[C@@H](NS(C)(=O)=O)c3c(C(=O)NCc4cccc(Cl)c4F)c(=O)c(OC)c(n32)C1=O. The molecular weight excluding hydrogens is 501 g/mol. The zero-order valence-corrected chi connectivity index (χ0v) is 20.9. The maximum absolute atomic E-state index is 14.3. The summed E-state index contributed by atoms with van der Waals surface area (Å²) in [7, 11) is -2.48. The monoisotopic (exact) mass is 525 g/mol. The summed E-state index contributed by atoms with van der Waals surface area (Å²) in [4.78, 5) is 40.0. The molecule has 2 N–H and O–H groups in total. The number of benzene rings is 1. The third-order valence-electron chi connectivity index (χ3n) is 6.52. The molecule has 12 heteroatoms. The number of hydrogen-bond acceptors (Lipinski definition) is 6. The normalized spacial score (nSPS) is 21.1. The van der Waals surface area contributed by atoms with Gasteiger partial charge >= 0.3 is 0 Å². The predicted molar refractivity (Wildman–Crippen MR) is 127 cm³/mol. The topological polar surface area (TPSA) is 124 Å². The lowest BCUT2D eigenvalue weighted by atomic mass is 9.86. The molecule has 4 rings (SSSR count). The number of carbonyl (C=O) groups excluding carboxylic acids is 2. The van der Waals surface area contributed by atoms with Gasteiger partial charge in [0, 0.05) is 24.1 Å². The summed E-state index contributed by atoms with van der Waals surface area (Å²) in [5.74, 6) is -2.45. The van der Waals surface area contributed by atoms with E-state index in [1.54, 1.807) is 4.57 Å². The summed E-state index contributed by atoms with van der Waals surface area (Å²) in [5.41, 5.74) is -0.917. The Morgan fingerprint density at radius 3 is 2.63 bits per heavy atom. The number of hydrogen-bond donors (Lipinski definition) is 2. The maximum Gasteiger partial charge on any atom is 0.257 e. The molecule has 1 unspecified atom stereocenters. The van der Waals surface area contributed by atoms with Crippen LogP contribution in [-0.4, -0.2) is 38.0 Å². The maximum atomic E-state index is 14.3. The summed E-state index contributed by atoms with van der Waals surface area (Å²) in [6, 6.07) is 3.11. The zero-order chi connectivity index (χ0) is 25.7. The van der Waals surface area contributed by atoms with Crippen LogP contribution in [0.2, 0.25) is 5.02 Å². The number of Topliss-reactive ketones (excluding diaryl/α,β-unsaturated/α-hetero) is 1. The number of methoxy groups -OCH3 is 1. The van der Waals surface area contributed by atoms with E-state index in [0.29, 0.717) is 12.8 Å². The Balaban J connectivity index is 1.86. The van der Waals surface area contributed by atoms with E-state index in [-0.39, 0.29) is 64.0 Å². The van der Waals surface area contributed by atoms with Crippen LogP contribution in [0.3, 0.4) is 0 Å². The minimum atomic E-state index is -3.72. The van der Waals surface area contributed by atoms with Crippen LogP contribution in [0.15, 0.2) is 23.0 Å². The Hall–Kier alpha value is -2.76. The van der Waals surface area contributed by atoms with Crippen LogP contribution in [0, 0.1) is 11.7 Å². The fraction of sp³-hybridized carbons (Fsp3) is 0.435. The third kappa shape index (κ3) is 4.48. The molecule has 0 radical (unpaired) electrons. The van der Waals surface area contributed by atoms with Gasteiger partial charge in [-0.25, -0.2) is 17.5 Å². The number of ketones is 1. The lowest BCUT2D eigenvalue weighted by Crippen LogP contribution is -2.38. The largest absolute Gasteiger partial charge is 0.491 e. The minimum absolute atomic E-state index is 0.0471. The van der Waals surface area contributed by atoms with Crippen LogP contribution in [0.5, 0.6) is 5.75 Å². The van der Waals surface area contributed by atoms with Gasteiger partial charge in [-0.15, -0.1) is 0 Å². The standard InChI is InChI=1S/C23H25ClFN3O6S/c1-4-11-8-13-9-15(27-35(3,32)33)18-16(21(30)22(34-2)19(20(11)29)28(13)18)23(31)26-10-12-6-5-7-14(24)17(12)25/h5-7,11,13,15,27H,4,8-10H2,1-3H3,(H,26,31)/t11?,13-,15-/m1/s1. The molecule has 35 heavy (non-hydrogen) atoms. The van der Waals surface area contributed by atoms with Crippen molar-refractivity contribution in [2.24, 2.45) is 5.92 Å². The first-order valence-corrected chi connectivity index (χ1v) is 13.3. The van der Waals surface area contributed by atoms with E-state index in [1.807, 2.05) is 6.92 Å². The van der Waals surface area contributed by atoms with Crippen molar-refractivity contribution in [2.45, 2.75) is 44.8 Å². The van der Waals surface area contributed by atoms with E-state index in [9.17, 15) is 27.2 Å². The van der Waals surface area contributed by atoms with Gasteiger partial charge in [0.05, 0.1) is 30.1 Å². The van der Waals surface area contributed by atoms with E-state index < -0.39 is 33.2 Å². The van der Waals surface area contributed by atoms with Gasteiger partial charge in [0.1, 0.15) is 17.1 Å². The van der Waals surface area contributed by atoms with E-state index in [2.05, 4.69) is 10.0 Å². The van der Waals surface area contributed by atoms with Gasteiger partial charge in [0.25, 0.3) is 5.91 Å². The second-order valence-corrected chi connectivity index (χ2v) is 11.0. The molecule has 2 aliphatic rings. The molecule has 0 saturated carbocycles. The number of sulfonamides is 1. The van der Waals surface area contributed by atoms with Gasteiger partial charge in [-0.2, -0.15) is 0 Å². The first-order chi connectivity index (χ1) is 16.5. The highest BCUT2D eigenvalue weighted by atomic mass is 35.5. The molecule has 2 aliphatic heterocycles. The number of amides is 1. The Morgan fingerprint density at radius 2 is 2.00 bits per heavy atom. The first-order valence-electron chi connectivity index (χ1n) is 11.1. The molecule has 188 valence electrons.